The van der Waals surface area contributed by atoms with E-state index in [1.165, 1.54) is 11.3 Å². The highest BCUT2D eigenvalue weighted by Gasteiger charge is 2.19. The van der Waals surface area contributed by atoms with Gasteiger partial charge in [-0.15, -0.1) is 23.7 Å². The number of thiophene rings is 1. The van der Waals surface area contributed by atoms with Gasteiger partial charge in [0.15, 0.2) is 0 Å². The third kappa shape index (κ3) is 2.62. The van der Waals surface area contributed by atoms with E-state index in [0.717, 1.165) is 18.8 Å². The third-order valence-electron chi connectivity index (χ3n) is 2.19. The fourth-order valence-corrected chi connectivity index (χ4v) is 2.27. The standard InChI is InChI=1S/C9H11NO3S.ClH/c11-9(12)8-7(1-6-14-8)10-2-4-13-5-3-10;/h1,6H,2-5H2,(H,11,12);1H. The van der Waals surface area contributed by atoms with E-state index < -0.39 is 5.97 Å². The molecule has 6 heteroatoms. The first-order valence-corrected chi connectivity index (χ1v) is 5.30. The average molecular weight is 250 g/mol. The van der Waals surface area contributed by atoms with Gasteiger partial charge in [-0.05, 0) is 11.4 Å². The van der Waals surface area contributed by atoms with Gasteiger partial charge in [-0.25, -0.2) is 4.79 Å². The molecule has 0 bridgehead atoms. The van der Waals surface area contributed by atoms with Crippen LogP contribution in [0.1, 0.15) is 9.67 Å². The van der Waals surface area contributed by atoms with Gasteiger partial charge in [-0.1, -0.05) is 0 Å². The van der Waals surface area contributed by atoms with Crippen molar-refractivity contribution in [3.05, 3.63) is 16.3 Å². The van der Waals surface area contributed by atoms with Gasteiger partial charge in [0.2, 0.25) is 0 Å². The molecule has 0 aromatic carbocycles. The van der Waals surface area contributed by atoms with Crippen molar-refractivity contribution in [1.82, 2.24) is 0 Å². The number of rotatable bonds is 2. The molecule has 1 aliphatic heterocycles. The lowest BCUT2D eigenvalue weighted by Crippen LogP contribution is -2.36. The first-order valence-electron chi connectivity index (χ1n) is 4.42. The van der Waals surface area contributed by atoms with Gasteiger partial charge in [0.25, 0.3) is 0 Å². The molecule has 1 fully saturated rings. The third-order valence-corrected chi connectivity index (χ3v) is 3.08. The van der Waals surface area contributed by atoms with Crippen LogP contribution < -0.4 is 4.90 Å². The summed E-state index contributed by atoms with van der Waals surface area (Å²) in [6, 6.07) is 1.86. The summed E-state index contributed by atoms with van der Waals surface area (Å²) in [5.74, 6) is -0.846. The number of carboxylic acid groups (broad SMARTS) is 1. The first kappa shape index (κ1) is 12.3. The van der Waals surface area contributed by atoms with Gasteiger partial charge in [-0.3, -0.25) is 0 Å². The summed E-state index contributed by atoms with van der Waals surface area (Å²) in [7, 11) is 0. The molecular weight excluding hydrogens is 238 g/mol. The summed E-state index contributed by atoms with van der Waals surface area (Å²) < 4.78 is 5.21. The molecule has 0 unspecified atom stereocenters. The van der Waals surface area contributed by atoms with Gasteiger partial charge in [-0.2, -0.15) is 0 Å². The molecule has 1 aromatic heterocycles. The quantitative estimate of drug-likeness (QED) is 0.867. The summed E-state index contributed by atoms with van der Waals surface area (Å²) in [6.07, 6.45) is 0. The molecule has 0 aliphatic carbocycles. The van der Waals surface area contributed by atoms with Crippen LogP contribution in [-0.4, -0.2) is 37.4 Å². The summed E-state index contributed by atoms with van der Waals surface area (Å²) >= 11 is 1.27. The molecule has 2 heterocycles. The van der Waals surface area contributed by atoms with E-state index in [2.05, 4.69) is 4.90 Å². The Bertz CT molecular complexity index is 336. The Hall–Kier alpha value is -0.780. The summed E-state index contributed by atoms with van der Waals surface area (Å²) in [5.41, 5.74) is 0.825. The van der Waals surface area contributed by atoms with E-state index in [1.54, 1.807) is 0 Å². The minimum Gasteiger partial charge on any atom is -0.477 e. The second-order valence-corrected chi connectivity index (χ2v) is 3.96. The van der Waals surface area contributed by atoms with Crippen LogP contribution in [0.5, 0.6) is 0 Å². The molecule has 0 spiro atoms. The fraction of sp³-hybridized carbons (Fsp3) is 0.444. The molecular formula is C9H12ClNO3S. The van der Waals surface area contributed by atoms with Crippen molar-refractivity contribution in [2.75, 3.05) is 31.2 Å². The fourth-order valence-electron chi connectivity index (χ4n) is 1.52. The molecule has 84 valence electrons. The highest BCUT2D eigenvalue weighted by Crippen LogP contribution is 2.26. The van der Waals surface area contributed by atoms with Gasteiger partial charge in [0.1, 0.15) is 4.88 Å². The number of hydrogen-bond acceptors (Lipinski definition) is 4. The minimum atomic E-state index is -0.846. The highest BCUT2D eigenvalue weighted by atomic mass is 35.5. The Morgan fingerprint density at radius 3 is 2.73 bits per heavy atom. The lowest BCUT2D eigenvalue weighted by Gasteiger charge is -2.28. The van der Waals surface area contributed by atoms with E-state index in [1.807, 2.05) is 11.4 Å². The van der Waals surface area contributed by atoms with Crippen molar-refractivity contribution in [3.8, 4) is 0 Å². The Kier molecular flexibility index (Phi) is 4.38. The van der Waals surface area contributed by atoms with Gasteiger partial charge in [0, 0.05) is 13.1 Å². The predicted molar refractivity (Wildman–Crippen MR) is 61.6 cm³/mol. The number of halogens is 1. The molecule has 1 N–H and O–H groups in total. The number of anilines is 1. The highest BCUT2D eigenvalue weighted by molar-refractivity contribution is 7.12. The Morgan fingerprint density at radius 1 is 1.47 bits per heavy atom. The lowest BCUT2D eigenvalue weighted by atomic mass is 10.3. The summed E-state index contributed by atoms with van der Waals surface area (Å²) in [4.78, 5) is 13.4. The van der Waals surface area contributed by atoms with Crippen LogP contribution in [-0.2, 0) is 4.74 Å². The van der Waals surface area contributed by atoms with E-state index in [9.17, 15) is 4.79 Å². The number of nitrogens with zero attached hydrogens (tertiary/aromatic N) is 1. The molecule has 0 saturated carbocycles. The van der Waals surface area contributed by atoms with Crippen molar-refractivity contribution < 1.29 is 14.6 Å². The number of carbonyl (C=O) groups is 1. The van der Waals surface area contributed by atoms with Crippen molar-refractivity contribution in [3.63, 3.8) is 0 Å². The van der Waals surface area contributed by atoms with E-state index >= 15 is 0 Å². The lowest BCUT2D eigenvalue weighted by molar-refractivity contribution is 0.0701. The zero-order chi connectivity index (χ0) is 9.97. The molecule has 1 aliphatic rings. The van der Waals surface area contributed by atoms with Crippen molar-refractivity contribution in [2.45, 2.75) is 0 Å². The second kappa shape index (κ2) is 5.34. The topological polar surface area (TPSA) is 49.8 Å². The largest absolute Gasteiger partial charge is 0.477 e. The van der Waals surface area contributed by atoms with Crippen LogP contribution in [0.25, 0.3) is 0 Å². The molecule has 1 saturated heterocycles. The average Bonchev–Trinajstić information content (AvgIpc) is 2.67. The molecule has 0 atom stereocenters. The Balaban J connectivity index is 0.00000112. The molecule has 4 nitrogen and oxygen atoms in total. The van der Waals surface area contributed by atoms with Crippen LogP contribution >= 0.6 is 23.7 Å². The zero-order valence-corrected chi connectivity index (χ0v) is 9.64. The summed E-state index contributed by atoms with van der Waals surface area (Å²) in [6.45, 7) is 2.90. The maximum atomic E-state index is 10.9. The normalized spacial score (nSPS) is 15.9. The Labute approximate surface area is 97.9 Å². The smallest absolute Gasteiger partial charge is 0.348 e. The van der Waals surface area contributed by atoms with Crippen molar-refractivity contribution >= 4 is 35.4 Å². The summed E-state index contributed by atoms with van der Waals surface area (Å²) in [5, 5.41) is 10.8. The number of carboxylic acids is 1. The van der Waals surface area contributed by atoms with Gasteiger partial charge < -0.3 is 14.7 Å². The predicted octanol–water partition coefficient (Wildman–Crippen LogP) is 1.70. The van der Waals surface area contributed by atoms with E-state index in [0.29, 0.717) is 18.1 Å². The SMILES string of the molecule is Cl.O=C(O)c1sccc1N1CCOCC1. The number of hydrogen-bond donors (Lipinski definition) is 1. The second-order valence-electron chi connectivity index (χ2n) is 3.04. The maximum Gasteiger partial charge on any atom is 0.348 e. The van der Waals surface area contributed by atoms with Crippen LogP contribution in [0.4, 0.5) is 5.69 Å². The zero-order valence-electron chi connectivity index (χ0n) is 8.01. The van der Waals surface area contributed by atoms with Crippen LogP contribution in [0.3, 0.4) is 0 Å². The molecule has 15 heavy (non-hydrogen) atoms. The van der Waals surface area contributed by atoms with Crippen LogP contribution in [0.2, 0.25) is 0 Å². The molecule has 2 rings (SSSR count). The van der Waals surface area contributed by atoms with Gasteiger partial charge in [0.05, 0.1) is 18.9 Å². The van der Waals surface area contributed by atoms with Crippen molar-refractivity contribution in [2.24, 2.45) is 0 Å². The molecule has 0 amide bonds. The monoisotopic (exact) mass is 249 g/mol. The van der Waals surface area contributed by atoms with Gasteiger partial charge >= 0.3 is 5.97 Å². The van der Waals surface area contributed by atoms with E-state index in [-0.39, 0.29) is 12.4 Å². The molecule has 0 radical (unpaired) electrons. The number of ether oxygens (including phenoxy) is 1. The first-order chi connectivity index (χ1) is 6.79. The molecule has 1 aromatic rings. The van der Waals surface area contributed by atoms with Crippen molar-refractivity contribution in [1.29, 1.82) is 0 Å². The maximum absolute atomic E-state index is 10.9. The number of aromatic carboxylic acids is 1. The Morgan fingerprint density at radius 2 is 2.13 bits per heavy atom. The van der Waals surface area contributed by atoms with Crippen LogP contribution in [0.15, 0.2) is 11.4 Å². The number of morpholine rings is 1. The van der Waals surface area contributed by atoms with Crippen LogP contribution in [0, 0.1) is 0 Å². The van der Waals surface area contributed by atoms with E-state index in [4.69, 9.17) is 9.84 Å². The minimum absolute atomic E-state index is 0.